The molecule has 0 heterocycles. The van der Waals surface area contributed by atoms with E-state index in [0.717, 1.165) is 10.0 Å². The van der Waals surface area contributed by atoms with Crippen LogP contribution in [-0.2, 0) is 4.79 Å². The molecule has 1 amide bonds. The Labute approximate surface area is 135 Å². The SMILES string of the molecule is Cc1ccc(NC(=O)/C=C/c2ccc(Br)cc2)cc1[N+](=O)[O-]. The minimum Gasteiger partial charge on any atom is -0.322 e. The lowest BCUT2D eigenvalue weighted by Gasteiger charge is -2.03. The first-order valence-electron chi connectivity index (χ1n) is 6.45. The van der Waals surface area contributed by atoms with E-state index in [1.54, 1.807) is 25.1 Å². The highest BCUT2D eigenvalue weighted by atomic mass is 79.9. The van der Waals surface area contributed by atoms with Crippen LogP contribution in [-0.4, -0.2) is 10.8 Å². The van der Waals surface area contributed by atoms with E-state index in [9.17, 15) is 14.9 Å². The number of halogens is 1. The highest BCUT2D eigenvalue weighted by Crippen LogP contribution is 2.22. The third-order valence-electron chi connectivity index (χ3n) is 2.97. The Balaban J connectivity index is 2.07. The molecule has 2 aromatic carbocycles. The molecule has 2 aromatic rings. The molecule has 0 atom stereocenters. The van der Waals surface area contributed by atoms with E-state index in [4.69, 9.17) is 0 Å². The quantitative estimate of drug-likeness (QED) is 0.501. The maximum absolute atomic E-state index is 11.8. The van der Waals surface area contributed by atoms with E-state index >= 15 is 0 Å². The predicted octanol–water partition coefficient (Wildman–Crippen LogP) is 4.32. The topological polar surface area (TPSA) is 72.2 Å². The average molecular weight is 361 g/mol. The van der Waals surface area contributed by atoms with Gasteiger partial charge in [0, 0.05) is 27.9 Å². The lowest BCUT2D eigenvalue weighted by Crippen LogP contribution is -2.08. The Morgan fingerprint density at radius 1 is 1.23 bits per heavy atom. The van der Waals surface area contributed by atoms with Crippen LogP contribution in [0.15, 0.2) is 53.0 Å². The molecule has 0 spiro atoms. The summed E-state index contributed by atoms with van der Waals surface area (Å²) in [5, 5.41) is 13.5. The second-order valence-corrected chi connectivity index (χ2v) is 5.55. The molecular formula is C16H13BrN2O3. The number of aryl methyl sites for hydroxylation is 1. The summed E-state index contributed by atoms with van der Waals surface area (Å²) in [5.41, 5.74) is 1.80. The Morgan fingerprint density at radius 3 is 2.55 bits per heavy atom. The molecule has 22 heavy (non-hydrogen) atoms. The lowest BCUT2D eigenvalue weighted by atomic mass is 10.2. The molecule has 0 saturated heterocycles. The fourth-order valence-corrected chi connectivity index (χ4v) is 2.08. The van der Waals surface area contributed by atoms with E-state index in [1.165, 1.54) is 12.1 Å². The van der Waals surface area contributed by atoms with Gasteiger partial charge in [-0.15, -0.1) is 0 Å². The standard InChI is InChI=1S/C16H13BrN2O3/c1-11-2-8-14(10-15(11)19(21)22)18-16(20)9-5-12-3-6-13(17)7-4-12/h2-10H,1H3,(H,18,20)/b9-5+. The molecule has 5 nitrogen and oxygen atoms in total. The number of nitro groups is 1. The second kappa shape index (κ2) is 7.00. The van der Waals surface area contributed by atoms with Gasteiger partial charge >= 0.3 is 0 Å². The molecule has 6 heteroatoms. The summed E-state index contributed by atoms with van der Waals surface area (Å²) in [7, 11) is 0. The first kappa shape index (κ1) is 15.9. The molecule has 0 radical (unpaired) electrons. The van der Waals surface area contributed by atoms with Crippen LogP contribution in [0.1, 0.15) is 11.1 Å². The number of anilines is 1. The summed E-state index contributed by atoms with van der Waals surface area (Å²) in [6.45, 7) is 1.65. The minimum atomic E-state index is -0.470. The van der Waals surface area contributed by atoms with Crippen LogP contribution < -0.4 is 5.32 Å². The summed E-state index contributed by atoms with van der Waals surface area (Å²) < 4.78 is 0.959. The van der Waals surface area contributed by atoms with Crippen molar-refractivity contribution in [1.82, 2.24) is 0 Å². The molecule has 112 valence electrons. The average Bonchev–Trinajstić information content (AvgIpc) is 2.48. The Hall–Kier alpha value is -2.47. The smallest absolute Gasteiger partial charge is 0.274 e. The van der Waals surface area contributed by atoms with Gasteiger partial charge in [-0.1, -0.05) is 34.1 Å². The first-order valence-corrected chi connectivity index (χ1v) is 7.24. The molecule has 0 aliphatic carbocycles. The van der Waals surface area contributed by atoms with E-state index in [0.29, 0.717) is 11.3 Å². The summed E-state index contributed by atoms with van der Waals surface area (Å²) in [5.74, 6) is -0.346. The molecule has 1 N–H and O–H groups in total. The number of nitro benzene ring substituents is 1. The van der Waals surface area contributed by atoms with Gasteiger partial charge in [-0.05, 0) is 36.8 Å². The van der Waals surface area contributed by atoms with Gasteiger partial charge in [-0.2, -0.15) is 0 Å². The molecule has 0 bridgehead atoms. The summed E-state index contributed by atoms with van der Waals surface area (Å²) in [6, 6.07) is 12.1. The van der Waals surface area contributed by atoms with Crippen molar-refractivity contribution in [3.8, 4) is 0 Å². The van der Waals surface area contributed by atoms with Crippen LogP contribution in [0, 0.1) is 17.0 Å². The van der Waals surface area contributed by atoms with E-state index < -0.39 is 4.92 Å². The lowest BCUT2D eigenvalue weighted by molar-refractivity contribution is -0.385. The van der Waals surface area contributed by atoms with Crippen LogP contribution >= 0.6 is 15.9 Å². The number of hydrogen-bond donors (Lipinski definition) is 1. The number of nitrogens with zero attached hydrogens (tertiary/aromatic N) is 1. The highest BCUT2D eigenvalue weighted by molar-refractivity contribution is 9.10. The van der Waals surface area contributed by atoms with E-state index in [1.807, 2.05) is 24.3 Å². The maximum Gasteiger partial charge on any atom is 0.274 e. The van der Waals surface area contributed by atoms with Crippen LogP contribution in [0.3, 0.4) is 0 Å². The van der Waals surface area contributed by atoms with Crippen LogP contribution in [0.25, 0.3) is 6.08 Å². The van der Waals surface area contributed by atoms with Crippen molar-refractivity contribution in [3.05, 3.63) is 74.3 Å². The van der Waals surface area contributed by atoms with Crippen molar-refractivity contribution in [2.24, 2.45) is 0 Å². The van der Waals surface area contributed by atoms with Crippen molar-refractivity contribution < 1.29 is 9.72 Å². The number of rotatable bonds is 4. The van der Waals surface area contributed by atoms with Crippen LogP contribution in [0.5, 0.6) is 0 Å². The van der Waals surface area contributed by atoms with Crippen molar-refractivity contribution in [3.63, 3.8) is 0 Å². The third kappa shape index (κ3) is 4.26. The number of amides is 1. The third-order valence-corrected chi connectivity index (χ3v) is 3.50. The van der Waals surface area contributed by atoms with Gasteiger partial charge in [0.2, 0.25) is 5.91 Å². The predicted molar refractivity (Wildman–Crippen MR) is 89.6 cm³/mol. The summed E-state index contributed by atoms with van der Waals surface area (Å²) >= 11 is 3.34. The van der Waals surface area contributed by atoms with Crippen LogP contribution in [0.4, 0.5) is 11.4 Å². The number of carbonyl (C=O) groups is 1. The normalized spacial score (nSPS) is 10.6. The van der Waals surface area contributed by atoms with Crippen molar-refractivity contribution in [2.45, 2.75) is 6.92 Å². The molecule has 0 fully saturated rings. The summed E-state index contributed by atoms with van der Waals surface area (Å²) in [6.07, 6.45) is 3.05. The second-order valence-electron chi connectivity index (χ2n) is 4.63. The van der Waals surface area contributed by atoms with Gasteiger partial charge in [-0.3, -0.25) is 14.9 Å². The summed E-state index contributed by atoms with van der Waals surface area (Å²) in [4.78, 5) is 22.2. The Bertz CT molecular complexity index is 740. The zero-order valence-electron chi connectivity index (χ0n) is 11.7. The number of hydrogen-bond acceptors (Lipinski definition) is 3. The van der Waals surface area contributed by atoms with Gasteiger partial charge < -0.3 is 5.32 Å². The number of nitrogens with one attached hydrogen (secondary N) is 1. The van der Waals surface area contributed by atoms with Crippen LogP contribution in [0.2, 0.25) is 0 Å². The fraction of sp³-hybridized carbons (Fsp3) is 0.0625. The molecule has 2 rings (SSSR count). The van der Waals surface area contributed by atoms with Crippen molar-refractivity contribution in [2.75, 3.05) is 5.32 Å². The first-order chi connectivity index (χ1) is 10.5. The zero-order valence-corrected chi connectivity index (χ0v) is 13.3. The number of carbonyl (C=O) groups excluding carboxylic acids is 1. The van der Waals surface area contributed by atoms with Gasteiger partial charge in [0.25, 0.3) is 5.69 Å². The van der Waals surface area contributed by atoms with Gasteiger partial charge in [0.15, 0.2) is 0 Å². The van der Waals surface area contributed by atoms with Gasteiger partial charge in [-0.25, -0.2) is 0 Å². The molecule has 0 aromatic heterocycles. The van der Waals surface area contributed by atoms with Crippen molar-refractivity contribution in [1.29, 1.82) is 0 Å². The zero-order chi connectivity index (χ0) is 16.1. The molecule has 0 unspecified atom stereocenters. The number of benzene rings is 2. The maximum atomic E-state index is 11.8. The molecule has 0 saturated carbocycles. The highest BCUT2D eigenvalue weighted by Gasteiger charge is 2.11. The molecule has 0 aliphatic rings. The van der Waals surface area contributed by atoms with Crippen molar-refractivity contribution >= 4 is 39.3 Å². The molecule has 0 aliphatic heterocycles. The largest absolute Gasteiger partial charge is 0.322 e. The van der Waals surface area contributed by atoms with Gasteiger partial charge in [0.05, 0.1) is 4.92 Å². The molecular weight excluding hydrogens is 348 g/mol. The van der Waals surface area contributed by atoms with Gasteiger partial charge in [0.1, 0.15) is 0 Å². The fourth-order valence-electron chi connectivity index (χ4n) is 1.81. The monoisotopic (exact) mass is 360 g/mol. The Kier molecular flexibility index (Phi) is 5.06. The minimum absolute atomic E-state index is 0.0188. The Morgan fingerprint density at radius 2 is 1.91 bits per heavy atom. The van der Waals surface area contributed by atoms with E-state index in [-0.39, 0.29) is 11.6 Å². The van der Waals surface area contributed by atoms with E-state index in [2.05, 4.69) is 21.2 Å².